The summed E-state index contributed by atoms with van der Waals surface area (Å²) in [6.45, 7) is 10.1. The summed E-state index contributed by atoms with van der Waals surface area (Å²) >= 11 is 2.15. The molecule has 1 N–H and O–H groups in total. The van der Waals surface area contributed by atoms with Crippen molar-refractivity contribution in [3.05, 3.63) is 34.4 Å². The lowest BCUT2D eigenvalue weighted by Crippen LogP contribution is -2.29. The molecule has 1 saturated heterocycles. The molecule has 2 atom stereocenters. The Labute approximate surface area is 122 Å². The molecule has 2 unspecified atom stereocenters. The fraction of sp³-hybridized carbons (Fsp3) is 0.647. The molecular formula is C17H27NS. The molecule has 0 aromatic heterocycles. The van der Waals surface area contributed by atoms with E-state index in [1.807, 2.05) is 0 Å². The van der Waals surface area contributed by atoms with E-state index in [4.69, 9.17) is 0 Å². The maximum absolute atomic E-state index is 3.75. The molecule has 1 nitrogen and oxygen atoms in total. The number of rotatable bonds is 4. The van der Waals surface area contributed by atoms with Gasteiger partial charge in [0.25, 0.3) is 0 Å². The Bertz CT molecular complexity index is 398. The van der Waals surface area contributed by atoms with Gasteiger partial charge in [-0.2, -0.15) is 11.8 Å². The van der Waals surface area contributed by atoms with Crippen molar-refractivity contribution in [1.29, 1.82) is 0 Å². The predicted molar refractivity (Wildman–Crippen MR) is 87.2 cm³/mol. The van der Waals surface area contributed by atoms with Gasteiger partial charge in [0.1, 0.15) is 0 Å². The van der Waals surface area contributed by atoms with Crippen molar-refractivity contribution in [3.63, 3.8) is 0 Å². The van der Waals surface area contributed by atoms with E-state index in [1.54, 1.807) is 0 Å². The lowest BCUT2D eigenvalue weighted by molar-refractivity contribution is 0.535. The molecule has 106 valence electrons. The quantitative estimate of drug-likeness (QED) is 0.866. The summed E-state index contributed by atoms with van der Waals surface area (Å²) in [5.74, 6) is 1.35. The van der Waals surface area contributed by atoms with Crippen LogP contribution in [0.5, 0.6) is 0 Å². The van der Waals surface area contributed by atoms with Gasteiger partial charge in [-0.3, -0.25) is 0 Å². The monoisotopic (exact) mass is 277 g/mol. The van der Waals surface area contributed by atoms with E-state index in [0.29, 0.717) is 6.04 Å². The molecule has 1 aromatic carbocycles. The van der Waals surface area contributed by atoms with E-state index >= 15 is 0 Å². The molecule has 2 heteroatoms. The van der Waals surface area contributed by atoms with Crippen molar-refractivity contribution >= 4 is 11.8 Å². The van der Waals surface area contributed by atoms with Crippen LogP contribution in [0.2, 0.25) is 0 Å². The number of nitrogens with one attached hydrogen (secondary N) is 1. The first-order chi connectivity index (χ1) is 9.08. The highest BCUT2D eigenvalue weighted by Crippen LogP contribution is 2.27. The second kappa shape index (κ2) is 6.81. The molecule has 1 aliphatic heterocycles. The number of hydrogen-bond donors (Lipinski definition) is 1. The van der Waals surface area contributed by atoms with Crippen molar-refractivity contribution in [2.24, 2.45) is 0 Å². The topological polar surface area (TPSA) is 12.0 Å². The van der Waals surface area contributed by atoms with Gasteiger partial charge in [0, 0.05) is 17.8 Å². The molecule has 1 aliphatic rings. The zero-order valence-corrected chi connectivity index (χ0v) is 13.6. The third-order valence-electron chi connectivity index (χ3n) is 4.10. The lowest BCUT2D eigenvalue weighted by Gasteiger charge is -2.25. The van der Waals surface area contributed by atoms with Crippen LogP contribution in [0.15, 0.2) is 12.1 Å². The van der Waals surface area contributed by atoms with Crippen LogP contribution in [0.1, 0.15) is 54.5 Å². The van der Waals surface area contributed by atoms with E-state index in [1.165, 1.54) is 47.3 Å². The summed E-state index contributed by atoms with van der Waals surface area (Å²) in [5, 5.41) is 4.57. The maximum Gasteiger partial charge on any atom is 0.0297 e. The Hall–Kier alpha value is -0.470. The fourth-order valence-electron chi connectivity index (χ4n) is 3.25. The second-order valence-electron chi connectivity index (χ2n) is 5.93. The minimum absolute atomic E-state index is 0.461. The third-order valence-corrected chi connectivity index (χ3v) is 5.49. The van der Waals surface area contributed by atoms with E-state index in [0.717, 1.165) is 11.8 Å². The highest BCUT2D eigenvalue weighted by molar-refractivity contribution is 7.99. The first kappa shape index (κ1) is 14.9. The summed E-state index contributed by atoms with van der Waals surface area (Å²) < 4.78 is 0. The van der Waals surface area contributed by atoms with E-state index < -0.39 is 0 Å². The Morgan fingerprint density at radius 1 is 1.21 bits per heavy atom. The minimum Gasteiger partial charge on any atom is -0.309 e. The van der Waals surface area contributed by atoms with Crippen LogP contribution >= 0.6 is 11.8 Å². The normalized spacial score (nSPS) is 21.4. The molecule has 1 aromatic rings. The van der Waals surface area contributed by atoms with E-state index in [9.17, 15) is 0 Å². The number of thioether (sulfide) groups is 1. The van der Waals surface area contributed by atoms with Crippen molar-refractivity contribution in [3.8, 4) is 0 Å². The van der Waals surface area contributed by atoms with Gasteiger partial charge in [0.2, 0.25) is 0 Å². The molecule has 0 saturated carbocycles. The Kier molecular flexibility index (Phi) is 5.35. The van der Waals surface area contributed by atoms with Crippen molar-refractivity contribution in [2.45, 2.75) is 58.2 Å². The minimum atomic E-state index is 0.461. The smallest absolute Gasteiger partial charge is 0.0297 e. The zero-order chi connectivity index (χ0) is 13.8. The van der Waals surface area contributed by atoms with Gasteiger partial charge in [-0.25, -0.2) is 0 Å². The Morgan fingerprint density at radius 2 is 1.89 bits per heavy atom. The highest BCUT2D eigenvalue weighted by Gasteiger charge is 2.16. The predicted octanol–water partition coefficient (Wildman–Crippen LogP) is 4.55. The number of benzene rings is 1. The van der Waals surface area contributed by atoms with Crippen molar-refractivity contribution in [1.82, 2.24) is 5.32 Å². The van der Waals surface area contributed by atoms with Crippen LogP contribution in [0.3, 0.4) is 0 Å². The second-order valence-corrected chi connectivity index (χ2v) is 7.34. The van der Waals surface area contributed by atoms with Gasteiger partial charge in [-0.05, 0) is 63.0 Å². The molecule has 0 spiro atoms. The summed E-state index contributed by atoms with van der Waals surface area (Å²) in [7, 11) is 0. The van der Waals surface area contributed by atoms with Crippen LogP contribution in [0.25, 0.3) is 0 Å². The van der Waals surface area contributed by atoms with Crippen molar-refractivity contribution < 1.29 is 0 Å². The van der Waals surface area contributed by atoms with E-state index in [2.05, 4.69) is 56.9 Å². The average molecular weight is 277 g/mol. The summed E-state index contributed by atoms with van der Waals surface area (Å²) in [4.78, 5) is 0. The molecule has 0 amide bonds. The molecular weight excluding hydrogens is 250 g/mol. The summed E-state index contributed by atoms with van der Waals surface area (Å²) in [6.07, 6.45) is 4.21. The van der Waals surface area contributed by atoms with Gasteiger partial charge < -0.3 is 5.32 Å². The molecule has 19 heavy (non-hydrogen) atoms. The molecule has 0 aliphatic carbocycles. The average Bonchev–Trinajstić information content (AvgIpc) is 2.36. The van der Waals surface area contributed by atoms with Crippen LogP contribution in [-0.2, 0) is 0 Å². The first-order valence-electron chi connectivity index (χ1n) is 7.50. The number of hydrogen-bond acceptors (Lipinski definition) is 2. The van der Waals surface area contributed by atoms with Gasteiger partial charge in [0.05, 0.1) is 0 Å². The van der Waals surface area contributed by atoms with Gasteiger partial charge in [-0.1, -0.05) is 24.1 Å². The van der Waals surface area contributed by atoms with Crippen LogP contribution in [0, 0.1) is 20.8 Å². The SMILES string of the molecule is Cc1cc(C)c(C(C)NCC2CCCCS2)c(C)c1. The lowest BCUT2D eigenvalue weighted by atomic mass is 9.95. The maximum atomic E-state index is 3.75. The number of aryl methyl sites for hydroxylation is 3. The summed E-state index contributed by atoms with van der Waals surface area (Å²) in [6, 6.07) is 5.06. The molecule has 0 radical (unpaired) electrons. The van der Waals surface area contributed by atoms with Crippen LogP contribution in [0.4, 0.5) is 0 Å². The molecule has 0 bridgehead atoms. The standard InChI is InChI=1S/C17H27NS/c1-12-9-13(2)17(14(3)10-12)15(4)18-11-16-7-5-6-8-19-16/h9-10,15-16,18H,5-8,11H2,1-4H3. The van der Waals surface area contributed by atoms with Gasteiger partial charge in [0.15, 0.2) is 0 Å². The van der Waals surface area contributed by atoms with Crippen LogP contribution < -0.4 is 5.32 Å². The Balaban J connectivity index is 1.97. The largest absolute Gasteiger partial charge is 0.309 e. The first-order valence-corrected chi connectivity index (χ1v) is 8.55. The fourth-order valence-corrected chi connectivity index (χ4v) is 4.50. The van der Waals surface area contributed by atoms with Gasteiger partial charge >= 0.3 is 0 Å². The molecule has 1 fully saturated rings. The Morgan fingerprint density at radius 3 is 2.47 bits per heavy atom. The summed E-state index contributed by atoms with van der Waals surface area (Å²) in [5.41, 5.74) is 5.71. The zero-order valence-electron chi connectivity index (χ0n) is 12.8. The van der Waals surface area contributed by atoms with Crippen molar-refractivity contribution in [2.75, 3.05) is 12.3 Å². The highest BCUT2D eigenvalue weighted by atomic mass is 32.2. The van der Waals surface area contributed by atoms with E-state index in [-0.39, 0.29) is 0 Å². The van der Waals surface area contributed by atoms with Gasteiger partial charge in [-0.15, -0.1) is 0 Å². The molecule has 2 rings (SSSR count). The third kappa shape index (κ3) is 4.00. The molecule has 1 heterocycles. The van der Waals surface area contributed by atoms with Crippen LogP contribution in [-0.4, -0.2) is 17.5 Å².